The number of nitrogens with zero attached hydrogens (tertiary/aromatic N) is 1. The van der Waals surface area contributed by atoms with E-state index < -0.39 is 5.97 Å². The second-order valence-corrected chi connectivity index (χ2v) is 5.11. The van der Waals surface area contributed by atoms with Gasteiger partial charge >= 0.3 is 5.97 Å². The fraction of sp³-hybridized carbons (Fsp3) is 0. The third kappa shape index (κ3) is 3.15. The van der Waals surface area contributed by atoms with Crippen molar-refractivity contribution in [3.05, 3.63) is 88.5 Å². The van der Waals surface area contributed by atoms with Gasteiger partial charge in [0.05, 0.1) is 5.57 Å². The van der Waals surface area contributed by atoms with Crippen LogP contribution in [0.15, 0.2) is 77.5 Å². The average Bonchev–Trinajstić information content (AvgIpc) is 2.91. The molecule has 0 aliphatic carbocycles. The molecule has 0 unspecified atom stereocenters. The van der Waals surface area contributed by atoms with Gasteiger partial charge in [-0.25, -0.2) is 4.79 Å². The van der Waals surface area contributed by atoms with Crippen LogP contribution >= 0.6 is 11.6 Å². The second kappa shape index (κ2) is 6.41. The fourth-order valence-electron chi connectivity index (χ4n) is 2.06. The third-order valence-corrected chi connectivity index (χ3v) is 3.42. The van der Waals surface area contributed by atoms with E-state index in [9.17, 15) is 4.79 Å². The molecule has 0 bridgehead atoms. The van der Waals surface area contributed by atoms with E-state index >= 15 is 0 Å². The van der Waals surface area contributed by atoms with Gasteiger partial charge in [-0.3, -0.25) is 0 Å². The zero-order valence-electron chi connectivity index (χ0n) is 11.6. The quantitative estimate of drug-likeness (QED) is 0.628. The highest BCUT2D eigenvalue weighted by atomic mass is 35.5. The Morgan fingerprint density at radius 1 is 1.00 bits per heavy atom. The van der Waals surface area contributed by atoms with E-state index in [2.05, 4.69) is 5.16 Å². The molecule has 2 aromatic carbocycles. The minimum atomic E-state index is -0.445. The van der Waals surface area contributed by atoms with Gasteiger partial charge in [0.1, 0.15) is 5.71 Å². The van der Waals surface area contributed by atoms with Crippen LogP contribution in [0.1, 0.15) is 11.1 Å². The summed E-state index contributed by atoms with van der Waals surface area (Å²) >= 11 is 5.84. The molecule has 22 heavy (non-hydrogen) atoms. The summed E-state index contributed by atoms with van der Waals surface area (Å²) in [5, 5.41) is 4.54. The number of carbonyl (C=O) groups is 1. The molecule has 1 aliphatic rings. The van der Waals surface area contributed by atoms with E-state index in [-0.39, 0.29) is 0 Å². The summed E-state index contributed by atoms with van der Waals surface area (Å²) in [5.41, 5.74) is 2.83. The zero-order valence-corrected chi connectivity index (χ0v) is 12.3. The second-order valence-electron chi connectivity index (χ2n) is 4.68. The Balaban J connectivity index is 1.84. The molecule has 0 saturated heterocycles. The molecule has 0 saturated carbocycles. The summed E-state index contributed by atoms with van der Waals surface area (Å²) in [5.74, 6) is -0.445. The van der Waals surface area contributed by atoms with Crippen LogP contribution in [-0.2, 0) is 9.63 Å². The van der Waals surface area contributed by atoms with Crippen LogP contribution in [0.25, 0.3) is 6.08 Å². The van der Waals surface area contributed by atoms with Gasteiger partial charge in [0.25, 0.3) is 0 Å². The van der Waals surface area contributed by atoms with Gasteiger partial charge in [0.2, 0.25) is 0 Å². The highest BCUT2D eigenvalue weighted by Crippen LogP contribution is 2.18. The summed E-state index contributed by atoms with van der Waals surface area (Å²) in [6.45, 7) is 0. The molecule has 0 atom stereocenters. The average molecular weight is 310 g/mol. The van der Waals surface area contributed by atoms with Gasteiger partial charge in [-0.1, -0.05) is 71.4 Å². The SMILES string of the molecule is O=C1ON=C(c2ccccc2)/C1=C\C=C\c1ccc(Cl)cc1. The lowest BCUT2D eigenvalue weighted by Gasteiger charge is -1.98. The van der Waals surface area contributed by atoms with Crippen LogP contribution < -0.4 is 0 Å². The molecule has 0 fully saturated rings. The van der Waals surface area contributed by atoms with Crippen LogP contribution in [0.2, 0.25) is 5.02 Å². The molecule has 0 N–H and O–H groups in total. The number of oxime groups is 1. The van der Waals surface area contributed by atoms with Crippen molar-refractivity contribution in [2.24, 2.45) is 5.16 Å². The molecule has 4 heteroatoms. The van der Waals surface area contributed by atoms with Gasteiger partial charge in [0.15, 0.2) is 0 Å². The highest BCUT2D eigenvalue weighted by Gasteiger charge is 2.25. The van der Waals surface area contributed by atoms with Crippen molar-refractivity contribution in [1.82, 2.24) is 0 Å². The summed E-state index contributed by atoms with van der Waals surface area (Å²) < 4.78 is 0. The lowest BCUT2D eigenvalue weighted by Crippen LogP contribution is -2.06. The summed E-state index contributed by atoms with van der Waals surface area (Å²) in [6, 6.07) is 16.9. The predicted molar refractivity (Wildman–Crippen MR) is 87.6 cm³/mol. The third-order valence-electron chi connectivity index (χ3n) is 3.16. The number of hydrogen-bond acceptors (Lipinski definition) is 3. The molecule has 0 aromatic heterocycles. The lowest BCUT2D eigenvalue weighted by atomic mass is 10.0. The number of allylic oxidation sites excluding steroid dienone is 2. The number of benzene rings is 2. The Labute approximate surface area is 133 Å². The smallest absolute Gasteiger partial charge is 0.312 e. The van der Waals surface area contributed by atoms with E-state index in [4.69, 9.17) is 16.4 Å². The number of halogens is 1. The van der Waals surface area contributed by atoms with Crippen LogP contribution in [0, 0.1) is 0 Å². The maximum absolute atomic E-state index is 11.8. The van der Waals surface area contributed by atoms with Crippen molar-refractivity contribution < 1.29 is 9.63 Å². The van der Waals surface area contributed by atoms with Crippen LogP contribution in [0.3, 0.4) is 0 Å². The first-order valence-corrected chi connectivity index (χ1v) is 7.11. The molecule has 0 spiro atoms. The Kier molecular flexibility index (Phi) is 4.17. The van der Waals surface area contributed by atoms with Crippen LogP contribution in [0.4, 0.5) is 0 Å². The predicted octanol–water partition coefficient (Wildman–Crippen LogP) is 4.24. The molecule has 108 valence electrons. The minimum absolute atomic E-state index is 0.441. The van der Waals surface area contributed by atoms with Crippen molar-refractivity contribution in [1.29, 1.82) is 0 Å². The van der Waals surface area contributed by atoms with Crippen molar-refractivity contribution in [3.8, 4) is 0 Å². The van der Waals surface area contributed by atoms with E-state index in [1.54, 1.807) is 12.2 Å². The van der Waals surface area contributed by atoms with Gasteiger partial charge < -0.3 is 4.84 Å². The van der Waals surface area contributed by atoms with Gasteiger partial charge in [0, 0.05) is 10.6 Å². The molecule has 0 radical (unpaired) electrons. The molecule has 1 heterocycles. The van der Waals surface area contributed by atoms with E-state index in [0.717, 1.165) is 11.1 Å². The Morgan fingerprint density at radius 2 is 1.73 bits per heavy atom. The number of hydrogen-bond donors (Lipinski definition) is 0. The Morgan fingerprint density at radius 3 is 2.45 bits per heavy atom. The fourth-order valence-corrected chi connectivity index (χ4v) is 2.19. The van der Waals surface area contributed by atoms with Crippen LogP contribution in [-0.4, -0.2) is 11.7 Å². The van der Waals surface area contributed by atoms with Crippen molar-refractivity contribution >= 4 is 29.4 Å². The first-order chi connectivity index (χ1) is 10.7. The first kappa shape index (κ1) is 14.3. The number of carbonyl (C=O) groups excluding carboxylic acids is 1. The largest absolute Gasteiger partial charge is 0.368 e. The number of rotatable bonds is 3. The Bertz CT molecular complexity index is 774. The summed E-state index contributed by atoms with van der Waals surface area (Å²) in [6.07, 6.45) is 5.39. The molecule has 2 aromatic rings. The monoisotopic (exact) mass is 309 g/mol. The van der Waals surface area contributed by atoms with Crippen molar-refractivity contribution in [3.63, 3.8) is 0 Å². The topological polar surface area (TPSA) is 38.7 Å². The summed E-state index contributed by atoms with van der Waals surface area (Å²) in [7, 11) is 0. The van der Waals surface area contributed by atoms with E-state index in [0.29, 0.717) is 16.3 Å². The molecule has 0 amide bonds. The van der Waals surface area contributed by atoms with E-state index in [1.807, 2.05) is 60.7 Å². The maximum atomic E-state index is 11.8. The first-order valence-electron chi connectivity index (χ1n) is 6.73. The molecule has 1 aliphatic heterocycles. The molecular formula is C18H12ClNO2. The van der Waals surface area contributed by atoms with Crippen LogP contribution in [0.5, 0.6) is 0 Å². The van der Waals surface area contributed by atoms with Gasteiger partial charge in [-0.05, 0) is 23.8 Å². The summed E-state index contributed by atoms with van der Waals surface area (Å²) in [4.78, 5) is 16.6. The normalized spacial score (nSPS) is 16.1. The van der Waals surface area contributed by atoms with Crippen molar-refractivity contribution in [2.45, 2.75) is 0 Å². The molecular weight excluding hydrogens is 298 g/mol. The van der Waals surface area contributed by atoms with Gasteiger partial charge in [-0.2, -0.15) is 0 Å². The molecule has 3 rings (SSSR count). The lowest BCUT2D eigenvalue weighted by molar-refractivity contribution is -0.136. The molecule has 3 nitrogen and oxygen atoms in total. The standard InChI is InChI=1S/C18H12ClNO2/c19-15-11-9-13(10-12-15)5-4-8-16-17(20-22-18(16)21)14-6-2-1-3-7-14/h1-12H/b5-4+,16-8+. The van der Waals surface area contributed by atoms with Gasteiger partial charge in [-0.15, -0.1) is 0 Å². The highest BCUT2D eigenvalue weighted by molar-refractivity contribution is 6.30. The van der Waals surface area contributed by atoms with E-state index in [1.165, 1.54) is 0 Å². The maximum Gasteiger partial charge on any atom is 0.368 e. The minimum Gasteiger partial charge on any atom is -0.312 e. The van der Waals surface area contributed by atoms with Crippen molar-refractivity contribution in [2.75, 3.05) is 0 Å². The Hall–Kier alpha value is -2.65. The zero-order chi connectivity index (χ0) is 15.4.